The van der Waals surface area contributed by atoms with Crippen molar-refractivity contribution in [2.24, 2.45) is 0 Å². The smallest absolute Gasteiger partial charge is 0.243 e. The second-order valence-electron chi connectivity index (χ2n) is 5.50. The van der Waals surface area contributed by atoms with Crippen molar-refractivity contribution in [1.82, 2.24) is 4.31 Å². The molecule has 0 unspecified atom stereocenters. The molecule has 7 heteroatoms. The minimum absolute atomic E-state index is 0.160. The monoisotopic (exact) mass is 322 g/mol. The number of piperidine rings is 1. The van der Waals surface area contributed by atoms with E-state index in [1.54, 1.807) is 12.1 Å². The Balaban J connectivity index is 1.75. The number of benzene rings is 1. The predicted molar refractivity (Wildman–Crippen MR) is 78.4 cm³/mol. The van der Waals surface area contributed by atoms with E-state index in [0.29, 0.717) is 44.7 Å². The largest absolute Gasteiger partial charge is 0.350 e. The van der Waals surface area contributed by atoms with Crippen molar-refractivity contribution in [1.29, 1.82) is 5.26 Å². The molecule has 0 atom stereocenters. The molecule has 0 saturated carbocycles. The van der Waals surface area contributed by atoms with Gasteiger partial charge < -0.3 is 9.47 Å². The maximum atomic E-state index is 12.7. The normalized spacial score (nSPS) is 22.3. The molecule has 0 N–H and O–H groups in total. The third-order valence-corrected chi connectivity index (χ3v) is 6.00. The molecule has 0 aromatic heterocycles. The van der Waals surface area contributed by atoms with Gasteiger partial charge in [-0.2, -0.15) is 9.57 Å². The molecule has 2 aliphatic rings. The molecule has 22 heavy (non-hydrogen) atoms. The molecule has 0 aliphatic carbocycles. The molecule has 0 bridgehead atoms. The maximum Gasteiger partial charge on any atom is 0.243 e. The van der Waals surface area contributed by atoms with Gasteiger partial charge in [-0.05, 0) is 24.6 Å². The SMILES string of the molecule is N#Cc1cccc(S(=O)(=O)N2CCC3(CC2)OCCCO3)c1. The van der Waals surface area contributed by atoms with Gasteiger partial charge in [-0.25, -0.2) is 8.42 Å². The van der Waals surface area contributed by atoms with Gasteiger partial charge in [0.25, 0.3) is 0 Å². The summed E-state index contributed by atoms with van der Waals surface area (Å²) in [5.74, 6) is -0.612. The number of ether oxygens (including phenoxy) is 2. The van der Waals surface area contributed by atoms with Crippen LogP contribution in [0.5, 0.6) is 0 Å². The van der Waals surface area contributed by atoms with E-state index in [1.165, 1.54) is 16.4 Å². The van der Waals surface area contributed by atoms with Crippen LogP contribution in [0.1, 0.15) is 24.8 Å². The Hall–Kier alpha value is -1.46. The van der Waals surface area contributed by atoms with Crippen molar-refractivity contribution in [3.05, 3.63) is 29.8 Å². The van der Waals surface area contributed by atoms with Crippen molar-refractivity contribution in [2.75, 3.05) is 26.3 Å². The molecular formula is C15H18N2O4S. The van der Waals surface area contributed by atoms with E-state index < -0.39 is 15.8 Å². The van der Waals surface area contributed by atoms with Crippen LogP contribution >= 0.6 is 0 Å². The van der Waals surface area contributed by atoms with Crippen molar-refractivity contribution in [3.8, 4) is 6.07 Å². The highest BCUT2D eigenvalue weighted by molar-refractivity contribution is 7.89. The Morgan fingerprint density at radius 2 is 1.86 bits per heavy atom. The van der Waals surface area contributed by atoms with Crippen LogP contribution in [0.3, 0.4) is 0 Å². The molecule has 2 saturated heterocycles. The lowest BCUT2D eigenvalue weighted by atomic mass is 10.0. The van der Waals surface area contributed by atoms with Gasteiger partial charge in [0, 0.05) is 25.9 Å². The van der Waals surface area contributed by atoms with Gasteiger partial charge in [-0.15, -0.1) is 0 Å². The van der Waals surface area contributed by atoms with E-state index in [9.17, 15) is 8.42 Å². The minimum Gasteiger partial charge on any atom is -0.350 e. The van der Waals surface area contributed by atoms with Gasteiger partial charge in [0.1, 0.15) is 0 Å². The van der Waals surface area contributed by atoms with Crippen LogP contribution in [0.25, 0.3) is 0 Å². The molecule has 1 aromatic rings. The summed E-state index contributed by atoms with van der Waals surface area (Å²) in [6.07, 6.45) is 1.94. The van der Waals surface area contributed by atoms with Crippen molar-refractivity contribution >= 4 is 10.0 Å². The van der Waals surface area contributed by atoms with Crippen LogP contribution in [-0.4, -0.2) is 44.8 Å². The van der Waals surface area contributed by atoms with E-state index in [4.69, 9.17) is 14.7 Å². The fraction of sp³-hybridized carbons (Fsp3) is 0.533. The Morgan fingerprint density at radius 3 is 2.50 bits per heavy atom. The second kappa shape index (κ2) is 5.97. The van der Waals surface area contributed by atoms with E-state index >= 15 is 0 Å². The van der Waals surface area contributed by atoms with Gasteiger partial charge in [0.15, 0.2) is 5.79 Å². The quantitative estimate of drug-likeness (QED) is 0.824. The summed E-state index contributed by atoms with van der Waals surface area (Å²) < 4.78 is 38.2. The summed E-state index contributed by atoms with van der Waals surface area (Å²) in [6.45, 7) is 2.05. The van der Waals surface area contributed by atoms with Crippen molar-refractivity contribution < 1.29 is 17.9 Å². The molecule has 3 rings (SSSR count). The fourth-order valence-corrected chi connectivity index (χ4v) is 4.34. The standard InChI is InChI=1S/C15H18N2O4S/c16-12-13-3-1-4-14(11-13)22(18,19)17-7-5-15(6-8-17)20-9-2-10-21-15/h1,3-4,11H,2,5-10H2. The molecule has 0 radical (unpaired) electrons. The van der Waals surface area contributed by atoms with Crippen LogP contribution in [-0.2, 0) is 19.5 Å². The number of nitrogens with zero attached hydrogens (tertiary/aromatic N) is 2. The Bertz CT molecular complexity index is 680. The van der Waals surface area contributed by atoms with E-state index in [0.717, 1.165) is 6.42 Å². The van der Waals surface area contributed by atoms with Crippen LogP contribution in [0, 0.1) is 11.3 Å². The molecule has 1 spiro atoms. The zero-order chi connectivity index (χ0) is 15.6. The molecule has 118 valence electrons. The number of rotatable bonds is 2. The molecular weight excluding hydrogens is 304 g/mol. The zero-order valence-electron chi connectivity index (χ0n) is 12.2. The van der Waals surface area contributed by atoms with Gasteiger partial charge in [0.2, 0.25) is 10.0 Å². The van der Waals surface area contributed by atoms with E-state index in [1.807, 2.05) is 6.07 Å². The fourth-order valence-electron chi connectivity index (χ4n) is 2.85. The molecule has 1 aromatic carbocycles. The van der Waals surface area contributed by atoms with E-state index in [2.05, 4.69) is 0 Å². The van der Waals surface area contributed by atoms with Crippen LogP contribution < -0.4 is 0 Å². The summed E-state index contributed by atoms with van der Waals surface area (Å²) >= 11 is 0. The number of hydrogen-bond donors (Lipinski definition) is 0. The molecule has 0 amide bonds. The summed E-state index contributed by atoms with van der Waals surface area (Å²) in [5, 5.41) is 8.91. The lowest BCUT2D eigenvalue weighted by Gasteiger charge is -2.42. The first-order valence-electron chi connectivity index (χ1n) is 7.34. The highest BCUT2D eigenvalue weighted by Gasteiger charge is 2.41. The molecule has 2 aliphatic heterocycles. The molecule has 2 fully saturated rings. The zero-order valence-corrected chi connectivity index (χ0v) is 13.0. The summed E-state index contributed by atoms with van der Waals surface area (Å²) in [4.78, 5) is 0.160. The Labute approximate surface area is 130 Å². The van der Waals surface area contributed by atoms with Crippen LogP contribution in [0.4, 0.5) is 0 Å². The molecule has 6 nitrogen and oxygen atoms in total. The number of nitriles is 1. The topological polar surface area (TPSA) is 79.6 Å². The summed E-state index contributed by atoms with van der Waals surface area (Å²) in [7, 11) is -3.58. The first-order chi connectivity index (χ1) is 10.6. The highest BCUT2D eigenvalue weighted by Crippen LogP contribution is 2.32. The third-order valence-electron chi connectivity index (χ3n) is 4.10. The van der Waals surface area contributed by atoms with E-state index in [-0.39, 0.29) is 4.90 Å². The Morgan fingerprint density at radius 1 is 1.18 bits per heavy atom. The minimum atomic E-state index is -3.58. The van der Waals surface area contributed by atoms with Crippen molar-refractivity contribution in [3.63, 3.8) is 0 Å². The van der Waals surface area contributed by atoms with Gasteiger partial charge in [0.05, 0.1) is 29.7 Å². The van der Waals surface area contributed by atoms with Gasteiger partial charge >= 0.3 is 0 Å². The van der Waals surface area contributed by atoms with Crippen LogP contribution in [0.15, 0.2) is 29.2 Å². The first kappa shape index (κ1) is 15.4. The lowest BCUT2D eigenvalue weighted by molar-refractivity contribution is -0.280. The van der Waals surface area contributed by atoms with Gasteiger partial charge in [-0.1, -0.05) is 6.07 Å². The van der Waals surface area contributed by atoms with Crippen LogP contribution in [0.2, 0.25) is 0 Å². The average molecular weight is 322 g/mol. The third kappa shape index (κ3) is 2.88. The average Bonchev–Trinajstić information content (AvgIpc) is 2.56. The Kier molecular flexibility index (Phi) is 4.19. The highest BCUT2D eigenvalue weighted by atomic mass is 32.2. The van der Waals surface area contributed by atoms with Gasteiger partial charge in [-0.3, -0.25) is 0 Å². The summed E-state index contributed by atoms with van der Waals surface area (Å²) in [5.41, 5.74) is 0.341. The lowest BCUT2D eigenvalue weighted by Crippen LogP contribution is -2.51. The second-order valence-corrected chi connectivity index (χ2v) is 7.44. The summed E-state index contributed by atoms with van der Waals surface area (Å²) in [6, 6.07) is 8.08. The number of hydrogen-bond acceptors (Lipinski definition) is 5. The predicted octanol–water partition coefficient (Wildman–Crippen LogP) is 1.48. The maximum absolute atomic E-state index is 12.7. The number of sulfonamides is 1. The van der Waals surface area contributed by atoms with Crippen molar-refractivity contribution in [2.45, 2.75) is 29.9 Å². The first-order valence-corrected chi connectivity index (χ1v) is 8.78. The molecule has 2 heterocycles.